The SMILES string of the molecule is Cc1cc(CNC2CCN(c3cccc(Br)c3)C2)ccc1-n1cncn1. The molecule has 1 atom stereocenters. The van der Waals surface area contributed by atoms with Crippen LogP contribution in [0.4, 0.5) is 5.69 Å². The topological polar surface area (TPSA) is 46.0 Å². The Hall–Kier alpha value is -2.18. The van der Waals surface area contributed by atoms with E-state index in [2.05, 4.69) is 85.6 Å². The zero-order valence-corrected chi connectivity index (χ0v) is 16.4. The van der Waals surface area contributed by atoms with Crippen molar-refractivity contribution in [1.29, 1.82) is 0 Å². The Morgan fingerprint density at radius 3 is 2.92 bits per heavy atom. The summed E-state index contributed by atoms with van der Waals surface area (Å²) in [5.41, 5.74) is 4.87. The van der Waals surface area contributed by atoms with Crippen molar-refractivity contribution in [3.8, 4) is 5.69 Å². The van der Waals surface area contributed by atoms with Gasteiger partial charge in [0.2, 0.25) is 0 Å². The Morgan fingerprint density at radius 1 is 1.23 bits per heavy atom. The first-order valence-electron chi connectivity index (χ1n) is 8.87. The molecule has 26 heavy (non-hydrogen) atoms. The van der Waals surface area contributed by atoms with E-state index in [9.17, 15) is 0 Å². The highest BCUT2D eigenvalue weighted by Gasteiger charge is 2.22. The summed E-state index contributed by atoms with van der Waals surface area (Å²) in [5, 5.41) is 7.92. The van der Waals surface area contributed by atoms with Gasteiger partial charge >= 0.3 is 0 Å². The van der Waals surface area contributed by atoms with Crippen LogP contribution in [-0.2, 0) is 6.54 Å². The Morgan fingerprint density at radius 2 is 2.15 bits per heavy atom. The Balaban J connectivity index is 1.35. The number of nitrogens with one attached hydrogen (secondary N) is 1. The number of aromatic nitrogens is 3. The average molecular weight is 412 g/mol. The van der Waals surface area contributed by atoms with Crippen molar-refractivity contribution in [2.75, 3.05) is 18.0 Å². The summed E-state index contributed by atoms with van der Waals surface area (Å²) in [6.07, 6.45) is 4.46. The van der Waals surface area contributed by atoms with Crippen LogP contribution in [0.15, 0.2) is 59.6 Å². The fourth-order valence-corrected chi connectivity index (χ4v) is 3.90. The highest BCUT2D eigenvalue weighted by molar-refractivity contribution is 9.10. The van der Waals surface area contributed by atoms with Crippen molar-refractivity contribution in [1.82, 2.24) is 20.1 Å². The fraction of sp³-hybridized carbons (Fsp3) is 0.300. The van der Waals surface area contributed by atoms with Crippen molar-refractivity contribution in [2.24, 2.45) is 0 Å². The molecule has 1 fully saturated rings. The van der Waals surface area contributed by atoms with Crippen molar-refractivity contribution in [3.63, 3.8) is 0 Å². The molecule has 1 N–H and O–H groups in total. The largest absolute Gasteiger partial charge is 0.370 e. The zero-order valence-electron chi connectivity index (χ0n) is 14.8. The smallest absolute Gasteiger partial charge is 0.138 e. The fourth-order valence-electron chi connectivity index (χ4n) is 3.51. The third-order valence-corrected chi connectivity index (χ3v) is 5.38. The number of anilines is 1. The monoisotopic (exact) mass is 411 g/mol. The molecule has 0 bridgehead atoms. The molecule has 2 heterocycles. The van der Waals surface area contributed by atoms with E-state index in [0.29, 0.717) is 6.04 Å². The molecule has 134 valence electrons. The first kappa shape index (κ1) is 17.2. The van der Waals surface area contributed by atoms with E-state index < -0.39 is 0 Å². The minimum atomic E-state index is 0.518. The summed E-state index contributed by atoms with van der Waals surface area (Å²) >= 11 is 3.56. The number of hydrogen-bond acceptors (Lipinski definition) is 4. The standard InChI is InChI=1S/C20H22BrN5/c1-15-9-16(5-6-20(15)26-14-22-13-24-26)11-23-18-7-8-25(12-18)19-4-2-3-17(21)10-19/h2-6,9-10,13-14,18,23H,7-8,11-12H2,1H3. The van der Waals surface area contributed by atoms with Crippen LogP contribution in [0.5, 0.6) is 0 Å². The maximum absolute atomic E-state index is 4.21. The second kappa shape index (κ2) is 7.60. The van der Waals surface area contributed by atoms with Crippen LogP contribution >= 0.6 is 15.9 Å². The highest BCUT2D eigenvalue weighted by atomic mass is 79.9. The van der Waals surface area contributed by atoms with Gasteiger partial charge in [0.05, 0.1) is 5.69 Å². The van der Waals surface area contributed by atoms with Gasteiger partial charge in [-0.15, -0.1) is 0 Å². The van der Waals surface area contributed by atoms with Crippen LogP contribution in [0.1, 0.15) is 17.5 Å². The van der Waals surface area contributed by atoms with Gasteiger partial charge in [0, 0.05) is 35.8 Å². The van der Waals surface area contributed by atoms with E-state index in [1.807, 2.05) is 0 Å². The van der Waals surface area contributed by atoms with Crippen LogP contribution in [0.2, 0.25) is 0 Å². The third-order valence-electron chi connectivity index (χ3n) is 4.88. The summed E-state index contributed by atoms with van der Waals surface area (Å²) in [5.74, 6) is 0. The lowest BCUT2D eigenvalue weighted by Crippen LogP contribution is -2.32. The summed E-state index contributed by atoms with van der Waals surface area (Å²) in [6, 6.07) is 15.6. The van der Waals surface area contributed by atoms with Crippen molar-refractivity contribution < 1.29 is 0 Å². The molecule has 0 spiro atoms. The number of hydrogen-bond donors (Lipinski definition) is 1. The molecule has 6 heteroatoms. The molecule has 3 aromatic rings. The van der Waals surface area contributed by atoms with E-state index >= 15 is 0 Å². The Bertz CT molecular complexity index is 878. The summed E-state index contributed by atoms with van der Waals surface area (Å²) in [4.78, 5) is 6.47. The molecule has 4 rings (SSSR count). The van der Waals surface area contributed by atoms with E-state index in [4.69, 9.17) is 0 Å². The quantitative estimate of drug-likeness (QED) is 0.694. The van der Waals surface area contributed by atoms with Crippen LogP contribution < -0.4 is 10.2 Å². The van der Waals surface area contributed by atoms with Gasteiger partial charge in [0.1, 0.15) is 12.7 Å². The van der Waals surface area contributed by atoms with Gasteiger partial charge in [-0.05, 0) is 48.7 Å². The van der Waals surface area contributed by atoms with E-state index in [1.165, 1.54) is 23.2 Å². The van der Waals surface area contributed by atoms with Gasteiger partial charge in [0.25, 0.3) is 0 Å². The molecule has 1 aliphatic rings. The van der Waals surface area contributed by atoms with Crippen LogP contribution in [0.25, 0.3) is 5.69 Å². The molecule has 5 nitrogen and oxygen atoms in total. The maximum atomic E-state index is 4.21. The van der Waals surface area contributed by atoms with E-state index in [1.54, 1.807) is 17.3 Å². The van der Waals surface area contributed by atoms with E-state index in [-0.39, 0.29) is 0 Å². The van der Waals surface area contributed by atoms with Crippen molar-refractivity contribution in [3.05, 3.63) is 70.7 Å². The second-order valence-corrected chi connectivity index (χ2v) is 7.67. The second-order valence-electron chi connectivity index (χ2n) is 6.75. The molecule has 0 saturated carbocycles. The third kappa shape index (κ3) is 3.81. The van der Waals surface area contributed by atoms with E-state index in [0.717, 1.165) is 29.8 Å². The van der Waals surface area contributed by atoms with Gasteiger partial charge in [-0.1, -0.05) is 34.1 Å². The summed E-state index contributed by atoms with van der Waals surface area (Å²) in [7, 11) is 0. The van der Waals surface area contributed by atoms with Crippen LogP contribution in [0, 0.1) is 6.92 Å². The van der Waals surface area contributed by atoms with Crippen molar-refractivity contribution in [2.45, 2.75) is 25.9 Å². The first-order chi connectivity index (χ1) is 12.7. The minimum absolute atomic E-state index is 0.518. The number of benzene rings is 2. The van der Waals surface area contributed by atoms with Gasteiger partial charge in [0.15, 0.2) is 0 Å². The molecule has 1 aromatic heterocycles. The molecule has 0 aliphatic carbocycles. The molecule has 2 aromatic carbocycles. The molecule has 1 aliphatic heterocycles. The zero-order chi connectivity index (χ0) is 17.9. The van der Waals surface area contributed by atoms with Gasteiger partial charge < -0.3 is 10.2 Å². The predicted octanol–water partition coefficient (Wildman–Crippen LogP) is 3.71. The van der Waals surface area contributed by atoms with Gasteiger partial charge in [-0.25, -0.2) is 9.67 Å². The molecule has 0 amide bonds. The Labute approximate surface area is 162 Å². The molecule has 1 saturated heterocycles. The number of aryl methyl sites for hydroxylation is 1. The maximum Gasteiger partial charge on any atom is 0.138 e. The van der Waals surface area contributed by atoms with Gasteiger partial charge in [-0.3, -0.25) is 0 Å². The lowest BCUT2D eigenvalue weighted by molar-refractivity contribution is 0.551. The average Bonchev–Trinajstić information content (AvgIpc) is 3.32. The minimum Gasteiger partial charge on any atom is -0.370 e. The predicted molar refractivity (Wildman–Crippen MR) is 108 cm³/mol. The van der Waals surface area contributed by atoms with Gasteiger partial charge in [-0.2, -0.15) is 5.10 Å². The van der Waals surface area contributed by atoms with Crippen LogP contribution in [-0.4, -0.2) is 33.9 Å². The number of nitrogens with zero attached hydrogens (tertiary/aromatic N) is 4. The normalized spacial score (nSPS) is 17.0. The summed E-state index contributed by atoms with van der Waals surface area (Å²) < 4.78 is 2.94. The number of halogens is 1. The molecule has 1 unspecified atom stereocenters. The molecular weight excluding hydrogens is 390 g/mol. The molecular formula is C20H22BrN5. The number of rotatable bonds is 5. The highest BCUT2D eigenvalue weighted by Crippen LogP contribution is 2.24. The summed E-state index contributed by atoms with van der Waals surface area (Å²) in [6.45, 7) is 5.14. The lowest BCUT2D eigenvalue weighted by atomic mass is 10.1. The molecule has 0 radical (unpaired) electrons. The lowest BCUT2D eigenvalue weighted by Gasteiger charge is -2.19. The Kier molecular flexibility index (Phi) is 5.04. The van der Waals surface area contributed by atoms with Crippen molar-refractivity contribution >= 4 is 21.6 Å². The first-order valence-corrected chi connectivity index (χ1v) is 9.67. The van der Waals surface area contributed by atoms with Crippen LogP contribution in [0.3, 0.4) is 0 Å².